The van der Waals surface area contributed by atoms with Crippen LogP contribution in [0.5, 0.6) is 0 Å². The largest absolute Gasteiger partial charge is 0.378 e. The average molecular weight is 331 g/mol. The Morgan fingerprint density at radius 2 is 1.88 bits per heavy atom. The summed E-state index contributed by atoms with van der Waals surface area (Å²) in [7, 11) is 0. The molecule has 4 heterocycles. The van der Waals surface area contributed by atoms with Crippen LogP contribution in [0, 0.1) is 0 Å². The highest BCUT2D eigenvalue weighted by atomic mass is 16.5. The first-order valence-corrected chi connectivity index (χ1v) is 8.28. The molecule has 128 valence electrons. The molecule has 2 aliphatic heterocycles. The van der Waals surface area contributed by atoms with Gasteiger partial charge < -0.3 is 14.5 Å². The van der Waals surface area contributed by atoms with Crippen molar-refractivity contribution in [1.82, 2.24) is 29.4 Å². The van der Waals surface area contributed by atoms with Gasteiger partial charge in [0, 0.05) is 39.3 Å². The smallest absolute Gasteiger partial charge is 0.236 e. The van der Waals surface area contributed by atoms with E-state index in [1.807, 2.05) is 15.6 Å². The van der Waals surface area contributed by atoms with E-state index in [1.165, 1.54) is 6.33 Å². The molecule has 2 fully saturated rings. The second-order valence-corrected chi connectivity index (χ2v) is 6.05. The number of morpholine rings is 1. The third-order valence-electron chi connectivity index (χ3n) is 4.59. The van der Waals surface area contributed by atoms with Crippen molar-refractivity contribution in [2.45, 2.75) is 0 Å². The van der Waals surface area contributed by atoms with E-state index in [2.05, 4.69) is 24.9 Å². The molecule has 0 atom stereocenters. The van der Waals surface area contributed by atoms with Crippen LogP contribution < -0.4 is 4.90 Å². The van der Waals surface area contributed by atoms with E-state index in [1.54, 1.807) is 6.20 Å². The molecule has 0 radical (unpaired) electrons. The average Bonchev–Trinajstić information content (AvgIpc) is 3.12. The second-order valence-electron chi connectivity index (χ2n) is 6.05. The summed E-state index contributed by atoms with van der Waals surface area (Å²) in [4.78, 5) is 27.1. The lowest BCUT2D eigenvalue weighted by Gasteiger charge is -2.36. The molecule has 2 saturated heterocycles. The Labute approximate surface area is 139 Å². The van der Waals surface area contributed by atoms with Gasteiger partial charge in [0.05, 0.1) is 32.2 Å². The van der Waals surface area contributed by atoms with Gasteiger partial charge in [-0.25, -0.2) is 4.98 Å². The van der Waals surface area contributed by atoms with Crippen molar-refractivity contribution in [1.29, 1.82) is 0 Å². The number of piperazine rings is 1. The molecule has 4 rings (SSSR count). The number of nitrogens with zero attached hydrogens (tertiary/aromatic N) is 7. The fraction of sp³-hybridized carbons (Fsp3) is 0.600. The van der Waals surface area contributed by atoms with Crippen LogP contribution in [0.15, 0.2) is 18.7 Å². The van der Waals surface area contributed by atoms with Crippen molar-refractivity contribution in [2.24, 2.45) is 0 Å². The quantitative estimate of drug-likeness (QED) is 0.721. The van der Waals surface area contributed by atoms with Crippen LogP contribution in [0.4, 0.5) is 5.82 Å². The van der Waals surface area contributed by atoms with Gasteiger partial charge in [-0.1, -0.05) is 0 Å². The van der Waals surface area contributed by atoms with Crippen LogP contribution in [0.3, 0.4) is 0 Å². The van der Waals surface area contributed by atoms with E-state index >= 15 is 0 Å². The zero-order valence-corrected chi connectivity index (χ0v) is 13.5. The Morgan fingerprint density at radius 1 is 1.08 bits per heavy atom. The number of carbonyl (C=O) groups excluding carboxylic acids is 1. The summed E-state index contributed by atoms with van der Waals surface area (Å²) in [6.07, 6.45) is 5.06. The number of hydrogen-bond donors (Lipinski definition) is 0. The number of aromatic nitrogens is 4. The monoisotopic (exact) mass is 331 g/mol. The van der Waals surface area contributed by atoms with Crippen molar-refractivity contribution < 1.29 is 9.53 Å². The minimum absolute atomic E-state index is 0.201. The Hall–Kier alpha value is -2.26. The Morgan fingerprint density at radius 3 is 2.67 bits per heavy atom. The van der Waals surface area contributed by atoms with Gasteiger partial charge in [-0.3, -0.25) is 14.7 Å². The van der Waals surface area contributed by atoms with E-state index in [4.69, 9.17) is 4.74 Å². The number of anilines is 1. The highest BCUT2D eigenvalue weighted by Crippen LogP contribution is 2.15. The number of ether oxygens (including phenoxy) is 1. The second kappa shape index (κ2) is 6.70. The molecule has 2 aromatic rings. The summed E-state index contributed by atoms with van der Waals surface area (Å²) >= 11 is 0. The molecular weight excluding hydrogens is 310 g/mol. The molecule has 0 aromatic carbocycles. The maximum absolute atomic E-state index is 12.3. The topological polar surface area (TPSA) is 79.1 Å². The maximum Gasteiger partial charge on any atom is 0.236 e. The van der Waals surface area contributed by atoms with Crippen molar-refractivity contribution in [3.8, 4) is 0 Å². The molecule has 2 aromatic heterocycles. The van der Waals surface area contributed by atoms with Gasteiger partial charge in [0.15, 0.2) is 11.5 Å². The first kappa shape index (κ1) is 15.3. The molecule has 24 heavy (non-hydrogen) atoms. The molecular formula is C15H21N7O2. The standard InChI is InChI=1S/C15H21N7O2/c23-15(21-5-7-24-8-6-21)11-19-1-3-20(4-2-19)14-10-16-9-13-17-12-18-22(13)14/h9-10,12H,1-8,11H2. The lowest BCUT2D eigenvalue weighted by Crippen LogP contribution is -2.51. The SMILES string of the molecule is O=C(CN1CCN(c2cncc3ncnn23)CC1)N1CCOCC1. The summed E-state index contributed by atoms with van der Waals surface area (Å²) in [5.41, 5.74) is 0.748. The molecule has 9 nitrogen and oxygen atoms in total. The molecule has 0 spiro atoms. The van der Waals surface area contributed by atoms with Gasteiger partial charge >= 0.3 is 0 Å². The van der Waals surface area contributed by atoms with Crippen LogP contribution in [0.2, 0.25) is 0 Å². The number of carbonyl (C=O) groups is 1. The Kier molecular flexibility index (Phi) is 4.26. The Bertz CT molecular complexity index is 705. The predicted octanol–water partition coefficient (Wildman–Crippen LogP) is -0.895. The molecule has 1 amide bonds. The van der Waals surface area contributed by atoms with Crippen molar-refractivity contribution in [3.63, 3.8) is 0 Å². The first-order valence-electron chi connectivity index (χ1n) is 8.28. The molecule has 0 aliphatic carbocycles. The van der Waals surface area contributed by atoms with E-state index in [0.717, 1.165) is 37.6 Å². The molecule has 2 aliphatic rings. The first-order chi connectivity index (χ1) is 11.8. The van der Waals surface area contributed by atoms with Gasteiger partial charge in [-0.15, -0.1) is 0 Å². The minimum Gasteiger partial charge on any atom is -0.378 e. The molecule has 0 N–H and O–H groups in total. The van der Waals surface area contributed by atoms with Gasteiger partial charge in [-0.2, -0.15) is 9.61 Å². The van der Waals surface area contributed by atoms with Gasteiger partial charge in [0.25, 0.3) is 0 Å². The summed E-state index contributed by atoms with van der Waals surface area (Å²) in [6.45, 7) is 6.58. The Balaban J connectivity index is 1.35. The summed E-state index contributed by atoms with van der Waals surface area (Å²) in [5, 5.41) is 4.26. The lowest BCUT2D eigenvalue weighted by atomic mass is 10.3. The van der Waals surface area contributed by atoms with E-state index in [9.17, 15) is 4.79 Å². The molecule has 0 bridgehead atoms. The highest BCUT2D eigenvalue weighted by molar-refractivity contribution is 5.78. The summed E-state index contributed by atoms with van der Waals surface area (Å²) < 4.78 is 7.11. The number of fused-ring (bicyclic) bond motifs is 1. The van der Waals surface area contributed by atoms with Gasteiger partial charge in [-0.05, 0) is 0 Å². The van der Waals surface area contributed by atoms with Crippen LogP contribution in [-0.2, 0) is 9.53 Å². The summed E-state index contributed by atoms with van der Waals surface area (Å²) in [5.74, 6) is 1.15. The van der Waals surface area contributed by atoms with Crippen molar-refractivity contribution in [2.75, 3.05) is 63.9 Å². The molecule has 9 heteroatoms. The zero-order valence-electron chi connectivity index (χ0n) is 13.5. The third-order valence-corrected chi connectivity index (χ3v) is 4.59. The van der Waals surface area contributed by atoms with E-state index < -0.39 is 0 Å². The normalized spacial score (nSPS) is 19.8. The number of amides is 1. The van der Waals surface area contributed by atoms with Crippen LogP contribution in [-0.4, -0.2) is 94.3 Å². The fourth-order valence-electron chi connectivity index (χ4n) is 3.20. The fourth-order valence-corrected chi connectivity index (χ4v) is 3.20. The minimum atomic E-state index is 0.201. The summed E-state index contributed by atoms with van der Waals surface area (Å²) in [6, 6.07) is 0. The van der Waals surface area contributed by atoms with Crippen LogP contribution >= 0.6 is 0 Å². The maximum atomic E-state index is 12.3. The number of rotatable bonds is 3. The van der Waals surface area contributed by atoms with E-state index in [0.29, 0.717) is 32.8 Å². The zero-order chi connectivity index (χ0) is 16.4. The predicted molar refractivity (Wildman–Crippen MR) is 86.8 cm³/mol. The number of hydrogen-bond acceptors (Lipinski definition) is 7. The van der Waals surface area contributed by atoms with Crippen LogP contribution in [0.1, 0.15) is 0 Å². The van der Waals surface area contributed by atoms with Crippen LogP contribution in [0.25, 0.3) is 5.65 Å². The highest BCUT2D eigenvalue weighted by Gasteiger charge is 2.24. The van der Waals surface area contributed by atoms with Crippen molar-refractivity contribution in [3.05, 3.63) is 18.7 Å². The van der Waals surface area contributed by atoms with Crippen molar-refractivity contribution >= 4 is 17.4 Å². The van der Waals surface area contributed by atoms with Gasteiger partial charge in [0.1, 0.15) is 6.33 Å². The molecule has 0 unspecified atom stereocenters. The third kappa shape index (κ3) is 3.04. The lowest BCUT2D eigenvalue weighted by molar-refractivity contribution is -0.136. The molecule has 0 saturated carbocycles. The van der Waals surface area contributed by atoms with E-state index in [-0.39, 0.29) is 5.91 Å². The van der Waals surface area contributed by atoms with Gasteiger partial charge in [0.2, 0.25) is 5.91 Å².